The Hall–Kier alpha value is -3.05. The number of rotatable bonds is 5. The molecule has 3 rings (SSSR count). The van der Waals surface area contributed by atoms with Crippen LogP contribution < -0.4 is 15.5 Å². The molecule has 1 aromatic heterocycles. The van der Waals surface area contributed by atoms with Crippen molar-refractivity contribution < 1.29 is 4.79 Å². The number of halogens is 1. The van der Waals surface area contributed by atoms with E-state index < -0.39 is 0 Å². The molecule has 5 nitrogen and oxygen atoms in total. The van der Waals surface area contributed by atoms with E-state index in [1.807, 2.05) is 56.3 Å². The van der Waals surface area contributed by atoms with E-state index in [0.717, 1.165) is 22.6 Å². The molecule has 0 bridgehead atoms. The number of pyridine rings is 1. The third-order valence-electron chi connectivity index (χ3n) is 4.10. The molecule has 138 valence electrons. The van der Waals surface area contributed by atoms with E-state index in [9.17, 15) is 4.79 Å². The summed E-state index contributed by atoms with van der Waals surface area (Å²) in [5, 5.41) is 6.80. The number of anilines is 4. The Morgan fingerprint density at radius 2 is 1.74 bits per heavy atom. The van der Waals surface area contributed by atoms with Crippen molar-refractivity contribution in [1.29, 1.82) is 0 Å². The number of nitrogens with one attached hydrogen (secondary N) is 2. The summed E-state index contributed by atoms with van der Waals surface area (Å²) < 4.78 is 0. The van der Waals surface area contributed by atoms with Gasteiger partial charge in [0, 0.05) is 48.1 Å². The summed E-state index contributed by atoms with van der Waals surface area (Å²) in [7, 11) is 4.00. The third kappa shape index (κ3) is 4.77. The van der Waals surface area contributed by atoms with E-state index in [-0.39, 0.29) is 5.91 Å². The molecule has 2 N–H and O–H groups in total. The van der Waals surface area contributed by atoms with Gasteiger partial charge in [-0.15, -0.1) is 0 Å². The van der Waals surface area contributed by atoms with Crippen molar-refractivity contribution in [2.75, 3.05) is 29.6 Å². The Balaban J connectivity index is 1.73. The molecule has 2 aromatic carbocycles. The molecule has 0 unspecified atom stereocenters. The molecule has 0 saturated carbocycles. The summed E-state index contributed by atoms with van der Waals surface area (Å²) in [6.45, 7) is 1.89. The van der Waals surface area contributed by atoms with Crippen LogP contribution in [0, 0.1) is 6.92 Å². The minimum atomic E-state index is -0.271. The van der Waals surface area contributed by atoms with Gasteiger partial charge in [0.1, 0.15) is 5.69 Å². The highest BCUT2D eigenvalue weighted by Crippen LogP contribution is 2.22. The number of amides is 1. The molecular weight excluding hydrogens is 360 g/mol. The largest absolute Gasteiger partial charge is 0.378 e. The van der Waals surface area contributed by atoms with Gasteiger partial charge in [0.15, 0.2) is 0 Å². The second-order valence-corrected chi connectivity index (χ2v) is 6.85. The lowest BCUT2D eigenvalue weighted by Crippen LogP contribution is -2.14. The minimum Gasteiger partial charge on any atom is -0.378 e. The lowest BCUT2D eigenvalue weighted by atomic mass is 10.2. The van der Waals surface area contributed by atoms with Gasteiger partial charge in [0.2, 0.25) is 0 Å². The summed E-state index contributed by atoms with van der Waals surface area (Å²) in [5.74, 6) is -0.271. The van der Waals surface area contributed by atoms with Gasteiger partial charge in [-0.3, -0.25) is 9.78 Å². The molecule has 0 fully saturated rings. The van der Waals surface area contributed by atoms with E-state index in [1.165, 1.54) is 0 Å². The predicted molar refractivity (Wildman–Crippen MR) is 112 cm³/mol. The number of benzene rings is 2. The molecule has 0 aliphatic heterocycles. The van der Waals surface area contributed by atoms with Crippen molar-refractivity contribution in [3.63, 3.8) is 0 Å². The van der Waals surface area contributed by atoms with E-state index >= 15 is 0 Å². The van der Waals surface area contributed by atoms with E-state index in [0.29, 0.717) is 16.4 Å². The lowest BCUT2D eigenvalue weighted by molar-refractivity contribution is 0.102. The van der Waals surface area contributed by atoms with Gasteiger partial charge in [-0.2, -0.15) is 0 Å². The van der Waals surface area contributed by atoms with Crippen LogP contribution in [0.25, 0.3) is 0 Å². The van der Waals surface area contributed by atoms with Crippen LogP contribution in [0.3, 0.4) is 0 Å². The standard InChI is InChI=1S/C21H21ClN4O/c1-14-12-15(22)4-9-19(14)25-21(27)20-13-17(10-11-23-20)24-16-5-7-18(8-6-16)26(2)3/h4-13H,1-3H3,(H,23,24)(H,25,27). The van der Waals surface area contributed by atoms with E-state index in [4.69, 9.17) is 11.6 Å². The summed E-state index contributed by atoms with van der Waals surface area (Å²) in [6, 6.07) is 16.9. The van der Waals surface area contributed by atoms with Gasteiger partial charge >= 0.3 is 0 Å². The molecule has 0 radical (unpaired) electrons. The van der Waals surface area contributed by atoms with Crippen molar-refractivity contribution in [1.82, 2.24) is 4.98 Å². The van der Waals surface area contributed by atoms with Gasteiger partial charge in [0.25, 0.3) is 5.91 Å². The number of hydrogen-bond acceptors (Lipinski definition) is 4. The molecule has 1 amide bonds. The van der Waals surface area contributed by atoms with Crippen LogP contribution in [0.1, 0.15) is 16.1 Å². The van der Waals surface area contributed by atoms with Gasteiger partial charge in [-0.05, 0) is 67.1 Å². The maximum atomic E-state index is 12.5. The third-order valence-corrected chi connectivity index (χ3v) is 4.34. The average Bonchev–Trinajstić information content (AvgIpc) is 2.64. The number of carbonyl (C=O) groups excluding carboxylic acids is 1. The first-order valence-electron chi connectivity index (χ1n) is 8.50. The van der Waals surface area contributed by atoms with Crippen LogP contribution in [0.2, 0.25) is 5.02 Å². The van der Waals surface area contributed by atoms with Gasteiger partial charge < -0.3 is 15.5 Å². The fraction of sp³-hybridized carbons (Fsp3) is 0.143. The molecule has 27 heavy (non-hydrogen) atoms. The summed E-state index contributed by atoms with van der Waals surface area (Å²) >= 11 is 5.96. The van der Waals surface area contributed by atoms with E-state index in [1.54, 1.807) is 30.5 Å². The van der Waals surface area contributed by atoms with Gasteiger partial charge in [0.05, 0.1) is 0 Å². The number of aromatic nitrogens is 1. The van der Waals surface area contributed by atoms with Crippen molar-refractivity contribution in [3.8, 4) is 0 Å². The van der Waals surface area contributed by atoms with Crippen LogP contribution in [0.4, 0.5) is 22.7 Å². The fourth-order valence-corrected chi connectivity index (χ4v) is 2.82. The molecule has 0 atom stereocenters. The Morgan fingerprint density at radius 1 is 1.00 bits per heavy atom. The average molecular weight is 381 g/mol. The minimum absolute atomic E-state index is 0.271. The fourth-order valence-electron chi connectivity index (χ4n) is 2.60. The highest BCUT2D eigenvalue weighted by Gasteiger charge is 2.10. The summed E-state index contributed by atoms with van der Waals surface area (Å²) in [4.78, 5) is 18.8. The maximum Gasteiger partial charge on any atom is 0.274 e. The molecule has 6 heteroatoms. The Kier molecular flexibility index (Phi) is 5.62. The molecule has 0 aliphatic carbocycles. The monoisotopic (exact) mass is 380 g/mol. The van der Waals surface area contributed by atoms with Crippen molar-refractivity contribution >= 4 is 40.3 Å². The summed E-state index contributed by atoms with van der Waals surface area (Å²) in [5.41, 5.74) is 4.79. The van der Waals surface area contributed by atoms with Crippen molar-refractivity contribution in [3.05, 3.63) is 77.1 Å². The normalized spacial score (nSPS) is 10.4. The zero-order valence-electron chi connectivity index (χ0n) is 15.5. The quantitative estimate of drug-likeness (QED) is 0.646. The number of nitrogens with zero attached hydrogens (tertiary/aromatic N) is 2. The molecule has 0 spiro atoms. The van der Waals surface area contributed by atoms with Gasteiger partial charge in [-0.1, -0.05) is 11.6 Å². The van der Waals surface area contributed by atoms with Crippen LogP contribution >= 0.6 is 11.6 Å². The van der Waals surface area contributed by atoms with Gasteiger partial charge in [-0.25, -0.2) is 0 Å². The molecule has 1 heterocycles. The first-order chi connectivity index (χ1) is 12.9. The second kappa shape index (κ2) is 8.10. The predicted octanol–water partition coefficient (Wildman–Crippen LogP) is 5.11. The highest BCUT2D eigenvalue weighted by atomic mass is 35.5. The summed E-state index contributed by atoms with van der Waals surface area (Å²) in [6.07, 6.45) is 1.61. The number of aryl methyl sites for hydroxylation is 1. The Morgan fingerprint density at radius 3 is 2.41 bits per heavy atom. The van der Waals surface area contributed by atoms with Crippen molar-refractivity contribution in [2.24, 2.45) is 0 Å². The zero-order chi connectivity index (χ0) is 19.4. The highest BCUT2D eigenvalue weighted by molar-refractivity contribution is 6.30. The molecule has 0 saturated heterocycles. The topological polar surface area (TPSA) is 57.3 Å². The van der Waals surface area contributed by atoms with Crippen LogP contribution in [-0.2, 0) is 0 Å². The first kappa shape index (κ1) is 18.7. The smallest absolute Gasteiger partial charge is 0.274 e. The lowest BCUT2D eigenvalue weighted by Gasteiger charge is -2.13. The number of hydrogen-bond donors (Lipinski definition) is 2. The maximum absolute atomic E-state index is 12.5. The SMILES string of the molecule is Cc1cc(Cl)ccc1NC(=O)c1cc(Nc2ccc(N(C)C)cc2)ccn1. The first-order valence-corrected chi connectivity index (χ1v) is 8.88. The molecule has 0 aliphatic rings. The van der Waals surface area contributed by atoms with Crippen molar-refractivity contribution in [2.45, 2.75) is 6.92 Å². The Bertz CT molecular complexity index is 955. The molecular formula is C21H21ClN4O. The zero-order valence-corrected chi connectivity index (χ0v) is 16.2. The second-order valence-electron chi connectivity index (χ2n) is 6.41. The van der Waals surface area contributed by atoms with Crippen LogP contribution in [0.15, 0.2) is 60.8 Å². The number of carbonyl (C=O) groups is 1. The van der Waals surface area contributed by atoms with Crippen LogP contribution in [0.5, 0.6) is 0 Å². The Labute approximate surface area is 164 Å². The molecule has 3 aromatic rings. The van der Waals surface area contributed by atoms with E-state index in [2.05, 4.69) is 15.6 Å². The van der Waals surface area contributed by atoms with Crippen LogP contribution in [-0.4, -0.2) is 25.0 Å².